The van der Waals surface area contributed by atoms with E-state index < -0.39 is 9.84 Å². The highest BCUT2D eigenvalue weighted by atomic mass is 32.2. The Bertz CT molecular complexity index is 666. The number of ether oxygens (including phenoxy) is 1. The average molecular weight is 298 g/mol. The van der Waals surface area contributed by atoms with Crippen LogP contribution in [0.4, 0.5) is 0 Å². The molecule has 0 N–H and O–H groups in total. The molecule has 1 aromatic heterocycles. The summed E-state index contributed by atoms with van der Waals surface area (Å²) in [5.74, 6) is -0.160. The highest BCUT2D eigenvalue weighted by molar-refractivity contribution is 7.91. The second-order valence-corrected chi connectivity index (χ2v) is 6.14. The van der Waals surface area contributed by atoms with E-state index in [0.29, 0.717) is 18.6 Å². The van der Waals surface area contributed by atoms with Gasteiger partial charge in [-0.05, 0) is 11.3 Å². The molecule has 0 saturated heterocycles. The van der Waals surface area contributed by atoms with Crippen LogP contribution in [0.25, 0.3) is 11.3 Å². The van der Waals surface area contributed by atoms with Crippen molar-refractivity contribution in [1.29, 1.82) is 0 Å². The van der Waals surface area contributed by atoms with Crippen LogP contribution in [-0.4, -0.2) is 33.0 Å². The van der Waals surface area contributed by atoms with Gasteiger partial charge < -0.3 is 9.94 Å². The summed E-state index contributed by atoms with van der Waals surface area (Å²) >= 11 is 0. The summed E-state index contributed by atoms with van der Waals surface area (Å²) in [6.45, 7) is 0.315. The Balaban J connectivity index is 2.39. The Hall–Kier alpha value is -1.93. The molecule has 0 radical (unpaired) electrons. The lowest BCUT2D eigenvalue weighted by Gasteiger charge is -2.00. The van der Waals surface area contributed by atoms with Crippen LogP contribution >= 0.6 is 0 Å². The molecule has 0 spiro atoms. The number of methoxy groups -OCH3 is 1. The number of nitrogens with zero attached hydrogens (tertiary/aromatic N) is 2. The van der Waals surface area contributed by atoms with E-state index in [1.54, 1.807) is 30.3 Å². The fraction of sp³-hybridized carbons (Fsp3) is 0.333. The van der Waals surface area contributed by atoms with Crippen LogP contribution in [0, 0.1) is 5.21 Å². The van der Waals surface area contributed by atoms with Crippen LogP contribution < -0.4 is 4.90 Å². The molecule has 1 heterocycles. The van der Waals surface area contributed by atoms with Crippen molar-refractivity contribution in [2.24, 2.45) is 0 Å². The van der Waals surface area contributed by atoms with Gasteiger partial charge in [0.15, 0.2) is 0 Å². The van der Waals surface area contributed by atoms with E-state index in [-0.39, 0.29) is 21.4 Å². The van der Waals surface area contributed by atoms with E-state index in [9.17, 15) is 13.6 Å². The van der Waals surface area contributed by atoms with E-state index >= 15 is 0 Å². The quantitative estimate of drug-likeness (QED) is 0.577. The second kappa shape index (κ2) is 6.02. The predicted molar refractivity (Wildman–Crippen MR) is 69.4 cm³/mol. The number of benzene rings is 1. The number of aromatic nitrogens is 2. The summed E-state index contributed by atoms with van der Waals surface area (Å²) in [4.78, 5) is 0.110. The first-order chi connectivity index (χ1) is 9.56. The lowest BCUT2D eigenvalue weighted by Crippen LogP contribution is -2.26. The molecule has 0 aliphatic rings. The molecular formula is C12H14N2O5S. The molecule has 0 atom stereocenters. The standard InChI is InChI=1S/C12H14N2O5S/c1-18-8-5-9-20(16,17)12-11(14(15)19-13-12)10-6-3-2-4-7-10/h2-4,6-7H,5,8-9H2,1H3. The monoisotopic (exact) mass is 298 g/mol. The van der Waals surface area contributed by atoms with Crippen molar-refractivity contribution in [2.45, 2.75) is 11.4 Å². The van der Waals surface area contributed by atoms with Crippen LogP contribution in [0.5, 0.6) is 0 Å². The topological polar surface area (TPSA) is 96.3 Å². The van der Waals surface area contributed by atoms with Crippen molar-refractivity contribution in [2.75, 3.05) is 19.5 Å². The molecule has 108 valence electrons. The van der Waals surface area contributed by atoms with Crippen molar-refractivity contribution in [3.63, 3.8) is 0 Å². The molecule has 0 aliphatic carbocycles. The Labute approximate surface area is 116 Å². The molecule has 8 heteroatoms. The minimum Gasteiger partial charge on any atom is -0.385 e. The molecule has 0 bridgehead atoms. The normalized spacial score (nSPS) is 11.7. The zero-order chi connectivity index (χ0) is 14.6. The van der Waals surface area contributed by atoms with Crippen molar-refractivity contribution in [3.05, 3.63) is 35.5 Å². The Kier molecular flexibility index (Phi) is 4.35. The Morgan fingerprint density at radius 3 is 2.70 bits per heavy atom. The maximum Gasteiger partial charge on any atom is 0.339 e. The number of rotatable bonds is 6. The molecule has 1 aromatic carbocycles. The van der Waals surface area contributed by atoms with E-state index in [0.717, 1.165) is 0 Å². The first kappa shape index (κ1) is 14.5. The molecule has 2 rings (SSSR count). The summed E-state index contributed by atoms with van der Waals surface area (Å²) < 4.78 is 33.6. The SMILES string of the molecule is COCCCS(=O)(=O)c1no[n+]([O-])c1-c1ccccc1. The van der Waals surface area contributed by atoms with Gasteiger partial charge in [0.25, 0.3) is 0 Å². The first-order valence-electron chi connectivity index (χ1n) is 5.93. The van der Waals surface area contributed by atoms with Crippen molar-refractivity contribution < 1.29 is 22.7 Å². The van der Waals surface area contributed by atoms with Crippen LogP contribution in [0.15, 0.2) is 40.0 Å². The summed E-state index contributed by atoms with van der Waals surface area (Å²) in [6, 6.07) is 8.40. The van der Waals surface area contributed by atoms with Gasteiger partial charge in [0.2, 0.25) is 15.5 Å². The van der Waals surface area contributed by atoms with Gasteiger partial charge in [-0.15, -0.1) is 0 Å². The lowest BCUT2D eigenvalue weighted by molar-refractivity contribution is -0.793. The third-order valence-electron chi connectivity index (χ3n) is 2.69. The van der Waals surface area contributed by atoms with Gasteiger partial charge >= 0.3 is 5.03 Å². The molecule has 20 heavy (non-hydrogen) atoms. The third-order valence-corrected chi connectivity index (χ3v) is 4.37. The van der Waals surface area contributed by atoms with Crippen LogP contribution in [-0.2, 0) is 14.6 Å². The molecule has 0 saturated carbocycles. The van der Waals surface area contributed by atoms with Gasteiger partial charge in [0.1, 0.15) is 0 Å². The Morgan fingerprint density at radius 1 is 1.35 bits per heavy atom. The molecule has 2 aromatic rings. The number of hydrogen-bond donors (Lipinski definition) is 0. The molecule has 7 nitrogen and oxygen atoms in total. The highest BCUT2D eigenvalue weighted by Gasteiger charge is 2.32. The summed E-state index contributed by atoms with van der Waals surface area (Å²) in [5.41, 5.74) is 0.345. The van der Waals surface area contributed by atoms with Crippen LogP contribution in [0.1, 0.15) is 6.42 Å². The fourth-order valence-electron chi connectivity index (χ4n) is 1.76. The summed E-state index contributed by atoms with van der Waals surface area (Å²) in [6.07, 6.45) is 0.318. The van der Waals surface area contributed by atoms with Gasteiger partial charge in [-0.1, -0.05) is 30.3 Å². The van der Waals surface area contributed by atoms with E-state index in [4.69, 9.17) is 4.74 Å². The first-order valence-corrected chi connectivity index (χ1v) is 7.58. The third kappa shape index (κ3) is 2.97. The molecular weight excluding hydrogens is 284 g/mol. The van der Waals surface area contributed by atoms with Crippen molar-refractivity contribution in [3.8, 4) is 11.3 Å². The molecule has 0 fully saturated rings. The zero-order valence-electron chi connectivity index (χ0n) is 10.9. The van der Waals surface area contributed by atoms with Crippen molar-refractivity contribution in [1.82, 2.24) is 5.16 Å². The molecule has 0 unspecified atom stereocenters. The molecule has 0 amide bonds. The predicted octanol–water partition coefficient (Wildman–Crippen LogP) is 0.785. The molecule has 0 aliphatic heterocycles. The van der Waals surface area contributed by atoms with Gasteiger partial charge in [0.05, 0.1) is 10.9 Å². The van der Waals surface area contributed by atoms with Gasteiger partial charge in [-0.3, -0.25) is 4.63 Å². The minimum atomic E-state index is -3.70. The largest absolute Gasteiger partial charge is 0.385 e. The average Bonchev–Trinajstić information content (AvgIpc) is 2.82. The highest BCUT2D eigenvalue weighted by Crippen LogP contribution is 2.23. The van der Waals surface area contributed by atoms with Gasteiger partial charge in [-0.2, -0.15) is 0 Å². The summed E-state index contributed by atoms with van der Waals surface area (Å²) in [7, 11) is -2.21. The van der Waals surface area contributed by atoms with E-state index in [1.807, 2.05) is 0 Å². The van der Waals surface area contributed by atoms with Gasteiger partial charge in [-0.25, -0.2) is 8.42 Å². The maximum atomic E-state index is 12.2. The van der Waals surface area contributed by atoms with E-state index in [1.165, 1.54) is 7.11 Å². The smallest absolute Gasteiger partial charge is 0.339 e. The van der Waals surface area contributed by atoms with E-state index in [2.05, 4.69) is 9.79 Å². The lowest BCUT2D eigenvalue weighted by atomic mass is 10.2. The minimum absolute atomic E-state index is 0.0944. The zero-order valence-corrected chi connectivity index (χ0v) is 11.7. The summed E-state index contributed by atoms with van der Waals surface area (Å²) in [5, 5.41) is 14.7. The van der Waals surface area contributed by atoms with Crippen LogP contribution in [0.3, 0.4) is 0 Å². The van der Waals surface area contributed by atoms with Crippen molar-refractivity contribution >= 4 is 9.84 Å². The number of hydrogen-bond acceptors (Lipinski definition) is 6. The fourth-order valence-corrected chi connectivity index (χ4v) is 3.08. The Morgan fingerprint density at radius 2 is 2.05 bits per heavy atom. The second-order valence-electron chi connectivity index (χ2n) is 4.12. The number of sulfone groups is 1. The maximum absolute atomic E-state index is 12.2. The van der Waals surface area contributed by atoms with Gasteiger partial charge in [0, 0.05) is 19.3 Å². The van der Waals surface area contributed by atoms with Crippen LogP contribution in [0.2, 0.25) is 0 Å².